The van der Waals surface area contributed by atoms with Crippen molar-refractivity contribution in [3.63, 3.8) is 0 Å². The van der Waals surface area contributed by atoms with Gasteiger partial charge in [-0.05, 0) is 18.6 Å². The zero-order valence-corrected chi connectivity index (χ0v) is 11.7. The normalized spacial score (nSPS) is 12.1. The van der Waals surface area contributed by atoms with Crippen LogP contribution in [0.5, 0.6) is 0 Å². The van der Waals surface area contributed by atoms with E-state index in [-0.39, 0.29) is 15.4 Å². The number of ketones is 1. The number of unbranched alkanes of at least 4 members (excludes halogenated alkanes) is 1. The predicted molar refractivity (Wildman–Crippen MR) is 74.8 cm³/mol. The molecule has 0 aromatic heterocycles. The minimum absolute atomic E-state index is 0.0140. The number of rotatable bonds is 6. The van der Waals surface area contributed by atoms with Crippen molar-refractivity contribution in [2.75, 3.05) is 0 Å². The van der Waals surface area contributed by atoms with Gasteiger partial charge in [0.1, 0.15) is 0 Å². The lowest BCUT2D eigenvalue weighted by Gasteiger charge is -2.07. The summed E-state index contributed by atoms with van der Waals surface area (Å²) in [5.41, 5.74) is 0.561. The fraction of sp³-hybridized carbons (Fsp3) is 0.417. The van der Waals surface area contributed by atoms with Crippen molar-refractivity contribution in [3.05, 3.63) is 39.9 Å². The first-order valence-electron chi connectivity index (χ1n) is 5.49. The van der Waals surface area contributed by atoms with Gasteiger partial charge in [0.15, 0.2) is 5.78 Å². The number of halogens is 1. The smallest absolute Gasteiger partial charge is 0.269 e. The van der Waals surface area contributed by atoms with Crippen molar-refractivity contribution >= 4 is 34.1 Å². The summed E-state index contributed by atoms with van der Waals surface area (Å²) in [6, 6.07) is 5.79. The Morgan fingerprint density at radius 3 is 2.47 bits per heavy atom. The maximum Gasteiger partial charge on any atom is 0.269 e. The predicted octanol–water partition coefficient (Wildman–Crippen LogP) is 3.77. The Hall–Kier alpha value is -0.980. The Bertz CT molecular complexity index is 403. The summed E-state index contributed by atoms with van der Waals surface area (Å²) < 4.78 is -0.0472. The van der Waals surface area contributed by atoms with E-state index < -0.39 is 4.92 Å². The molecule has 0 heterocycles. The summed E-state index contributed by atoms with van der Waals surface area (Å²) in [5, 5.41) is 10.5. The second-order valence-corrected chi connectivity index (χ2v) is 5.28. The molecule has 0 aliphatic carbocycles. The number of carbonyl (C=O) groups excluding carboxylic acids is 1. The average molecular weight is 347 g/mol. The minimum Gasteiger partial charge on any atom is -0.293 e. The van der Waals surface area contributed by atoms with Crippen LogP contribution in [-0.4, -0.2) is 14.6 Å². The molecule has 17 heavy (non-hydrogen) atoms. The fourth-order valence-corrected chi connectivity index (χ4v) is 2.24. The third-order valence-electron chi connectivity index (χ3n) is 2.46. The van der Waals surface area contributed by atoms with Gasteiger partial charge in [0.25, 0.3) is 5.69 Å². The van der Waals surface area contributed by atoms with Gasteiger partial charge < -0.3 is 0 Å². The van der Waals surface area contributed by atoms with Crippen LogP contribution in [0.15, 0.2) is 24.3 Å². The van der Waals surface area contributed by atoms with Gasteiger partial charge in [-0.1, -0.05) is 42.4 Å². The molecule has 0 fully saturated rings. The first-order valence-corrected chi connectivity index (χ1v) is 6.73. The largest absolute Gasteiger partial charge is 0.293 e. The average Bonchev–Trinajstić information content (AvgIpc) is 2.35. The van der Waals surface area contributed by atoms with Crippen LogP contribution < -0.4 is 0 Å². The molecule has 1 unspecified atom stereocenters. The minimum atomic E-state index is -0.465. The van der Waals surface area contributed by atoms with Gasteiger partial charge >= 0.3 is 0 Å². The Morgan fingerprint density at radius 2 is 2.00 bits per heavy atom. The summed E-state index contributed by atoms with van der Waals surface area (Å²) in [4.78, 5) is 22.0. The maximum absolute atomic E-state index is 12.0. The highest BCUT2D eigenvalue weighted by Crippen LogP contribution is 2.19. The van der Waals surface area contributed by atoms with Crippen molar-refractivity contribution in [1.82, 2.24) is 0 Å². The number of nitro benzene ring substituents is 1. The zero-order chi connectivity index (χ0) is 12.8. The maximum atomic E-state index is 12.0. The van der Waals surface area contributed by atoms with Gasteiger partial charge in [0.05, 0.1) is 8.85 Å². The number of nitrogens with zero attached hydrogens (tertiary/aromatic N) is 1. The molecule has 0 N–H and O–H groups in total. The van der Waals surface area contributed by atoms with E-state index in [0.717, 1.165) is 19.3 Å². The molecule has 0 saturated carbocycles. The number of non-ortho nitro benzene ring substituents is 1. The summed E-state index contributed by atoms with van der Waals surface area (Å²) in [6.07, 6.45) is 2.94. The summed E-state index contributed by atoms with van der Waals surface area (Å²) in [7, 11) is 0. The second-order valence-electron chi connectivity index (χ2n) is 3.78. The molecule has 0 spiro atoms. The van der Waals surface area contributed by atoms with E-state index in [1.54, 1.807) is 0 Å². The molecule has 0 saturated heterocycles. The van der Waals surface area contributed by atoms with Crippen molar-refractivity contribution in [3.8, 4) is 0 Å². The molecule has 1 atom stereocenters. The van der Waals surface area contributed by atoms with Crippen molar-refractivity contribution in [2.45, 2.75) is 30.1 Å². The summed E-state index contributed by atoms with van der Waals surface area (Å²) in [6.45, 7) is 2.08. The van der Waals surface area contributed by atoms with Crippen LogP contribution in [0.2, 0.25) is 0 Å². The first kappa shape index (κ1) is 14.1. The Labute approximate surface area is 114 Å². The topological polar surface area (TPSA) is 60.2 Å². The third kappa shape index (κ3) is 4.07. The van der Waals surface area contributed by atoms with E-state index in [4.69, 9.17) is 0 Å². The third-order valence-corrected chi connectivity index (χ3v) is 3.65. The van der Waals surface area contributed by atoms with E-state index in [2.05, 4.69) is 29.5 Å². The van der Waals surface area contributed by atoms with Crippen LogP contribution >= 0.6 is 22.6 Å². The van der Waals surface area contributed by atoms with Gasteiger partial charge in [0.2, 0.25) is 0 Å². The van der Waals surface area contributed by atoms with E-state index in [9.17, 15) is 14.9 Å². The molecular weight excluding hydrogens is 333 g/mol. The lowest BCUT2D eigenvalue weighted by Crippen LogP contribution is -2.13. The Morgan fingerprint density at radius 1 is 1.41 bits per heavy atom. The number of benzene rings is 1. The molecule has 0 aliphatic rings. The van der Waals surface area contributed by atoms with E-state index in [0.29, 0.717) is 5.56 Å². The van der Waals surface area contributed by atoms with Gasteiger partial charge in [-0.15, -0.1) is 0 Å². The molecule has 0 bridgehead atoms. The van der Waals surface area contributed by atoms with Crippen LogP contribution in [0.3, 0.4) is 0 Å². The lowest BCUT2D eigenvalue weighted by molar-refractivity contribution is -0.384. The molecule has 1 aromatic carbocycles. The van der Waals surface area contributed by atoms with Gasteiger partial charge in [-0.3, -0.25) is 14.9 Å². The van der Waals surface area contributed by atoms with Gasteiger partial charge in [0, 0.05) is 17.7 Å². The van der Waals surface area contributed by atoms with E-state index in [1.165, 1.54) is 24.3 Å². The SMILES string of the molecule is CCCCC(I)C(=O)c1ccc([N+](=O)[O-])cc1. The molecule has 1 aromatic rings. The summed E-state index contributed by atoms with van der Waals surface area (Å²) in [5.74, 6) is 0.0500. The highest BCUT2D eigenvalue weighted by molar-refractivity contribution is 14.1. The highest BCUT2D eigenvalue weighted by Gasteiger charge is 2.17. The monoisotopic (exact) mass is 347 g/mol. The van der Waals surface area contributed by atoms with Gasteiger partial charge in [-0.25, -0.2) is 0 Å². The molecule has 92 valence electrons. The van der Waals surface area contributed by atoms with E-state index in [1.807, 2.05) is 0 Å². The number of nitro groups is 1. The van der Waals surface area contributed by atoms with Crippen LogP contribution in [0.4, 0.5) is 5.69 Å². The summed E-state index contributed by atoms with van der Waals surface area (Å²) >= 11 is 2.13. The molecular formula is C12H14INO3. The molecule has 0 radical (unpaired) electrons. The second kappa shape index (κ2) is 6.68. The van der Waals surface area contributed by atoms with Crippen LogP contribution in [-0.2, 0) is 0 Å². The Kier molecular flexibility index (Phi) is 5.54. The number of carbonyl (C=O) groups is 1. The van der Waals surface area contributed by atoms with Crippen molar-refractivity contribution in [1.29, 1.82) is 0 Å². The molecule has 5 heteroatoms. The van der Waals surface area contributed by atoms with Gasteiger partial charge in [-0.2, -0.15) is 0 Å². The standard InChI is InChI=1S/C12H14INO3/c1-2-3-4-11(13)12(15)9-5-7-10(8-6-9)14(16)17/h5-8,11H,2-4H2,1H3. The van der Waals surface area contributed by atoms with Crippen LogP contribution in [0.25, 0.3) is 0 Å². The lowest BCUT2D eigenvalue weighted by atomic mass is 10.0. The van der Waals surface area contributed by atoms with E-state index >= 15 is 0 Å². The van der Waals surface area contributed by atoms with Crippen LogP contribution in [0, 0.1) is 10.1 Å². The highest BCUT2D eigenvalue weighted by atomic mass is 127. The zero-order valence-electron chi connectivity index (χ0n) is 9.56. The van der Waals surface area contributed by atoms with Crippen molar-refractivity contribution < 1.29 is 9.72 Å². The molecule has 4 nitrogen and oxygen atoms in total. The quantitative estimate of drug-likeness (QED) is 0.259. The molecule has 0 amide bonds. The first-order chi connectivity index (χ1) is 8.06. The fourth-order valence-electron chi connectivity index (χ4n) is 1.44. The number of hydrogen-bond acceptors (Lipinski definition) is 3. The number of alkyl halides is 1. The Balaban J connectivity index is 2.72. The molecule has 0 aliphatic heterocycles. The van der Waals surface area contributed by atoms with Crippen LogP contribution in [0.1, 0.15) is 36.5 Å². The number of hydrogen-bond donors (Lipinski definition) is 0. The number of Topliss-reactive ketones (excluding diaryl/α,β-unsaturated/α-hetero) is 1. The van der Waals surface area contributed by atoms with Crippen molar-refractivity contribution in [2.24, 2.45) is 0 Å². The molecule has 1 rings (SSSR count).